The van der Waals surface area contributed by atoms with E-state index in [1.165, 1.54) is 19.1 Å². The van der Waals surface area contributed by atoms with E-state index in [0.29, 0.717) is 6.07 Å². The zero-order chi connectivity index (χ0) is 22.4. The van der Waals surface area contributed by atoms with Crippen LogP contribution >= 0.6 is 11.8 Å². The van der Waals surface area contributed by atoms with Crippen LogP contribution in [0.15, 0.2) is 41.1 Å². The number of amides is 1. The number of benzene rings is 1. The van der Waals surface area contributed by atoms with Gasteiger partial charge in [0.05, 0.1) is 16.8 Å². The second-order valence-electron chi connectivity index (χ2n) is 6.83. The minimum Gasteiger partial charge on any atom is -0.478 e. The van der Waals surface area contributed by atoms with Crippen LogP contribution in [0, 0.1) is 30.2 Å². The van der Waals surface area contributed by atoms with Crippen molar-refractivity contribution in [2.45, 2.75) is 12.8 Å². The summed E-state index contributed by atoms with van der Waals surface area (Å²) in [6.45, 7) is 1.38. The number of thioether (sulfide) groups is 1. The number of carbonyl (C=O) groups is 2. The minimum absolute atomic E-state index is 0.0572. The van der Waals surface area contributed by atoms with Crippen molar-refractivity contribution in [2.75, 3.05) is 5.75 Å². The molecular weight excluding hydrogens is 438 g/mol. The minimum atomic E-state index is -1.41. The van der Waals surface area contributed by atoms with Crippen molar-refractivity contribution in [3.63, 3.8) is 0 Å². The lowest BCUT2D eigenvalue weighted by atomic mass is 9.92. The van der Waals surface area contributed by atoms with E-state index >= 15 is 0 Å². The molecule has 0 saturated heterocycles. The number of hydrogen-bond acceptors (Lipinski definition) is 4. The number of nitrogens with zero attached hydrogens (tertiary/aromatic N) is 2. The van der Waals surface area contributed by atoms with E-state index in [0.717, 1.165) is 28.5 Å². The molecule has 1 atom stereocenters. The molecule has 0 bridgehead atoms. The summed E-state index contributed by atoms with van der Waals surface area (Å²) < 4.78 is 56.4. The van der Waals surface area contributed by atoms with Crippen LogP contribution in [0.4, 0.5) is 17.6 Å². The van der Waals surface area contributed by atoms with E-state index in [1.807, 2.05) is 0 Å². The Balaban J connectivity index is 1.68. The van der Waals surface area contributed by atoms with Gasteiger partial charge in [-0.2, -0.15) is 5.10 Å². The molecule has 1 amide bonds. The van der Waals surface area contributed by atoms with Gasteiger partial charge in [0.15, 0.2) is 23.1 Å². The van der Waals surface area contributed by atoms with Crippen molar-refractivity contribution in [3.05, 3.63) is 81.2 Å². The Labute approximate surface area is 176 Å². The monoisotopic (exact) mass is 451 g/mol. The maximum Gasteiger partial charge on any atom is 0.334 e. The van der Waals surface area contributed by atoms with E-state index in [2.05, 4.69) is 10.4 Å². The Bertz CT molecular complexity index is 1290. The van der Waals surface area contributed by atoms with Crippen LogP contribution in [0.1, 0.15) is 27.5 Å². The molecule has 0 spiro atoms. The normalized spacial score (nSPS) is 16.2. The number of aryl methyl sites for hydroxylation is 1. The van der Waals surface area contributed by atoms with Crippen molar-refractivity contribution < 1.29 is 32.3 Å². The van der Waals surface area contributed by atoms with Crippen LogP contribution in [0.5, 0.6) is 0 Å². The average molecular weight is 451 g/mol. The first-order chi connectivity index (χ1) is 14.7. The summed E-state index contributed by atoms with van der Waals surface area (Å²) in [5.41, 5.74) is -0.785. The van der Waals surface area contributed by atoms with Crippen molar-refractivity contribution in [2.24, 2.45) is 0 Å². The number of rotatable bonds is 4. The number of aromatic nitrogens is 2. The van der Waals surface area contributed by atoms with Crippen LogP contribution in [-0.2, 0) is 4.79 Å². The topological polar surface area (TPSA) is 83.7 Å². The largest absolute Gasteiger partial charge is 0.478 e. The Hall–Kier alpha value is -3.34. The average Bonchev–Trinajstić information content (AvgIpc) is 3.31. The summed E-state index contributed by atoms with van der Waals surface area (Å²) >= 11 is 0.945. The molecule has 0 fully saturated rings. The summed E-state index contributed by atoms with van der Waals surface area (Å²) in [6.07, 6.45) is 0.881. The molecule has 6 nitrogen and oxygen atoms in total. The maximum absolute atomic E-state index is 14.4. The summed E-state index contributed by atoms with van der Waals surface area (Å²) in [5.74, 6) is -7.24. The van der Waals surface area contributed by atoms with Crippen molar-refractivity contribution in [1.82, 2.24) is 14.9 Å². The predicted octanol–water partition coefficient (Wildman–Crippen LogP) is 3.76. The van der Waals surface area contributed by atoms with Gasteiger partial charge in [0.1, 0.15) is 11.3 Å². The standard InChI is InChI=1S/C20H13F4N3O3S/c1-8-2-3-10(17(24)16(8)23)11-7-31-19(15(11)20(29)30)25-18(28)13-5-14-12(22)4-9(21)6-27(14)26-13/h2-6,11H,7H2,1H3,(H,25,28)(H,29,30). The Morgan fingerprint density at radius 2 is 1.94 bits per heavy atom. The number of carbonyl (C=O) groups excluding carboxylic acids is 1. The van der Waals surface area contributed by atoms with Gasteiger partial charge in [-0.25, -0.2) is 26.9 Å². The third-order valence-electron chi connectivity index (χ3n) is 4.85. The van der Waals surface area contributed by atoms with Crippen LogP contribution < -0.4 is 5.32 Å². The lowest BCUT2D eigenvalue weighted by Crippen LogP contribution is -2.24. The number of carboxylic acids is 1. The fourth-order valence-electron chi connectivity index (χ4n) is 3.31. The molecular formula is C20H13F4N3O3S. The van der Waals surface area contributed by atoms with Crippen molar-refractivity contribution in [3.8, 4) is 0 Å². The summed E-state index contributed by atoms with van der Waals surface area (Å²) in [5, 5.41) is 15.8. The molecule has 1 aliphatic heterocycles. The fourth-order valence-corrected chi connectivity index (χ4v) is 4.54. The molecule has 160 valence electrons. The zero-order valence-corrected chi connectivity index (χ0v) is 16.6. The van der Waals surface area contributed by atoms with Gasteiger partial charge in [0.2, 0.25) is 0 Å². The van der Waals surface area contributed by atoms with Gasteiger partial charge in [-0.1, -0.05) is 12.1 Å². The van der Waals surface area contributed by atoms with Gasteiger partial charge >= 0.3 is 5.97 Å². The molecule has 2 aromatic heterocycles. The van der Waals surface area contributed by atoms with Gasteiger partial charge in [-0.05, 0) is 24.1 Å². The highest BCUT2D eigenvalue weighted by atomic mass is 32.2. The van der Waals surface area contributed by atoms with Gasteiger partial charge < -0.3 is 10.4 Å². The van der Waals surface area contributed by atoms with E-state index in [-0.39, 0.29) is 38.7 Å². The number of aliphatic carboxylic acids is 1. The van der Waals surface area contributed by atoms with Crippen LogP contribution in [0.25, 0.3) is 5.52 Å². The van der Waals surface area contributed by atoms with Crippen LogP contribution in [0.3, 0.4) is 0 Å². The summed E-state index contributed by atoms with van der Waals surface area (Å²) in [6, 6.07) is 4.37. The fraction of sp³-hybridized carbons (Fsp3) is 0.150. The zero-order valence-electron chi connectivity index (χ0n) is 15.7. The van der Waals surface area contributed by atoms with Gasteiger partial charge in [-0.3, -0.25) is 4.79 Å². The van der Waals surface area contributed by atoms with Crippen LogP contribution in [-0.4, -0.2) is 32.3 Å². The first kappa shape index (κ1) is 20.9. The second kappa shape index (κ2) is 7.73. The van der Waals surface area contributed by atoms with E-state index in [1.54, 1.807) is 0 Å². The lowest BCUT2D eigenvalue weighted by Gasteiger charge is -2.14. The van der Waals surface area contributed by atoms with Gasteiger partial charge in [0.25, 0.3) is 5.91 Å². The Morgan fingerprint density at radius 1 is 1.19 bits per heavy atom. The van der Waals surface area contributed by atoms with Crippen LogP contribution in [0.2, 0.25) is 0 Å². The third-order valence-corrected chi connectivity index (χ3v) is 5.96. The molecule has 1 aliphatic rings. The number of hydrogen-bond donors (Lipinski definition) is 2. The molecule has 0 radical (unpaired) electrons. The molecule has 1 unspecified atom stereocenters. The summed E-state index contributed by atoms with van der Waals surface area (Å²) in [7, 11) is 0. The number of fused-ring (bicyclic) bond motifs is 1. The molecule has 0 saturated carbocycles. The molecule has 3 heterocycles. The van der Waals surface area contributed by atoms with Gasteiger partial charge in [0, 0.05) is 17.7 Å². The molecule has 4 rings (SSSR count). The Kier molecular flexibility index (Phi) is 5.21. The highest BCUT2D eigenvalue weighted by Gasteiger charge is 2.36. The molecule has 0 aliphatic carbocycles. The second-order valence-corrected chi connectivity index (χ2v) is 7.86. The van der Waals surface area contributed by atoms with Gasteiger partial charge in [-0.15, -0.1) is 11.8 Å². The quantitative estimate of drug-likeness (QED) is 0.591. The van der Waals surface area contributed by atoms with E-state index in [9.17, 15) is 32.3 Å². The lowest BCUT2D eigenvalue weighted by molar-refractivity contribution is -0.132. The molecule has 1 aromatic carbocycles. The smallest absolute Gasteiger partial charge is 0.334 e. The molecule has 2 N–H and O–H groups in total. The molecule has 11 heteroatoms. The summed E-state index contributed by atoms with van der Waals surface area (Å²) in [4.78, 5) is 24.4. The van der Waals surface area contributed by atoms with E-state index < -0.39 is 41.1 Å². The first-order valence-corrected chi connectivity index (χ1v) is 9.86. The SMILES string of the molecule is Cc1ccc(C2CSC(NC(=O)c3cc4c(F)cc(F)cn4n3)=C2C(=O)O)c(F)c1F. The third kappa shape index (κ3) is 3.65. The number of pyridine rings is 1. The van der Waals surface area contributed by atoms with Crippen molar-refractivity contribution >= 4 is 29.2 Å². The number of halogens is 4. The molecule has 3 aromatic rings. The maximum atomic E-state index is 14.4. The first-order valence-electron chi connectivity index (χ1n) is 8.88. The highest BCUT2D eigenvalue weighted by Crippen LogP contribution is 2.42. The number of nitrogens with one attached hydrogen (secondary N) is 1. The molecule has 31 heavy (non-hydrogen) atoms. The predicted molar refractivity (Wildman–Crippen MR) is 104 cm³/mol. The van der Waals surface area contributed by atoms with Crippen molar-refractivity contribution in [1.29, 1.82) is 0 Å². The van der Waals surface area contributed by atoms with E-state index in [4.69, 9.17) is 0 Å². The Morgan fingerprint density at radius 3 is 2.65 bits per heavy atom. The highest BCUT2D eigenvalue weighted by molar-refractivity contribution is 8.03. The number of carboxylic acid groups (broad SMARTS) is 1.